The van der Waals surface area contributed by atoms with E-state index in [-0.39, 0.29) is 5.60 Å². The van der Waals surface area contributed by atoms with Gasteiger partial charge in [0.25, 0.3) is 0 Å². The molecule has 0 aromatic heterocycles. The summed E-state index contributed by atoms with van der Waals surface area (Å²) in [6, 6.07) is 8.75. The zero-order valence-electron chi connectivity index (χ0n) is 11.6. The lowest BCUT2D eigenvalue weighted by Gasteiger charge is -2.38. The molecule has 2 rings (SSSR count). The molecule has 1 aliphatic heterocycles. The Morgan fingerprint density at radius 2 is 2.17 bits per heavy atom. The van der Waals surface area contributed by atoms with Crippen LogP contribution in [0.5, 0.6) is 5.75 Å². The van der Waals surface area contributed by atoms with Gasteiger partial charge >= 0.3 is 0 Å². The third kappa shape index (κ3) is 3.14. The van der Waals surface area contributed by atoms with Gasteiger partial charge < -0.3 is 10.1 Å². The predicted octanol–water partition coefficient (Wildman–Crippen LogP) is 3.84. The highest BCUT2D eigenvalue weighted by molar-refractivity contribution is 5.38. The third-order valence-corrected chi connectivity index (χ3v) is 3.31. The van der Waals surface area contributed by atoms with Crippen LogP contribution in [0, 0.1) is 0 Å². The lowest BCUT2D eigenvalue weighted by molar-refractivity contribution is 0.0662. The summed E-state index contributed by atoms with van der Waals surface area (Å²) in [5.41, 5.74) is 1.20. The van der Waals surface area contributed by atoms with Crippen molar-refractivity contribution >= 4 is 0 Å². The molecule has 0 fully saturated rings. The van der Waals surface area contributed by atoms with E-state index in [1.165, 1.54) is 5.56 Å². The van der Waals surface area contributed by atoms with Gasteiger partial charge in [-0.3, -0.25) is 0 Å². The zero-order chi connectivity index (χ0) is 13.0. The fourth-order valence-electron chi connectivity index (χ4n) is 2.49. The highest BCUT2D eigenvalue weighted by atomic mass is 16.5. The fraction of sp³-hybridized carbons (Fsp3) is 0.500. The minimum Gasteiger partial charge on any atom is -0.487 e. The second kappa shape index (κ2) is 5.57. The van der Waals surface area contributed by atoms with Crippen molar-refractivity contribution < 1.29 is 4.74 Å². The highest BCUT2D eigenvalue weighted by Crippen LogP contribution is 2.39. The Labute approximate surface area is 110 Å². The molecule has 18 heavy (non-hydrogen) atoms. The molecule has 0 saturated carbocycles. The van der Waals surface area contributed by atoms with Gasteiger partial charge in [0.2, 0.25) is 0 Å². The van der Waals surface area contributed by atoms with E-state index >= 15 is 0 Å². The van der Waals surface area contributed by atoms with Crippen LogP contribution in [0.25, 0.3) is 0 Å². The molecule has 0 bridgehead atoms. The number of hydrogen-bond donors (Lipinski definition) is 1. The normalized spacial score (nSPS) is 21.6. The lowest BCUT2D eigenvalue weighted by Crippen LogP contribution is -2.39. The zero-order valence-corrected chi connectivity index (χ0v) is 11.6. The molecule has 0 saturated heterocycles. The number of para-hydroxylation sites is 1. The first-order chi connectivity index (χ1) is 8.62. The van der Waals surface area contributed by atoms with Gasteiger partial charge in [-0.1, -0.05) is 30.4 Å². The van der Waals surface area contributed by atoms with Gasteiger partial charge in [-0.25, -0.2) is 0 Å². The van der Waals surface area contributed by atoms with Gasteiger partial charge in [0.1, 0.15) is 11.4 Å². The van der Waals surface area contributed by atoms with E-state index in [9.17, 15) is 0 Å². The average molecular weight is 245 g/mol. The van der Waals surface area contributed by atoms with Crippen molar-refractivity contribution in [3.05, 3.63) is 42.0 Å². The topological polar surface area (TPSA) is 21.3 Å². The second-order valence-corrected chi connectivity index (χ2v) is 5.47. The Morgan fingerprint density at radius 3 is 2.94 bits per heavy atom. The van der Waals surface area contributed by atoms with Gasteiger partial charge in [0.05, 0.1) is 0 Å². The molecule has 1 heterocycles. The van der Waals surface area contributed by atoms with E-state index in [4.69, 9.17) is 4.74 Å². The van der Waals surface area contributed by atoms with Crippen molar-refractivity contribution in [1.29, 1.82) is 0 Å². The van der Waals surface area contributed by atoms with Gasteiger partial charge in [-0.2, -0.15) is 0 Å². The van der Waals surface area contributed by atoms with Crippen molar-refractivity contribution in [3.63, 3.8) is 0 Å². The van der Waals surface area contributed by atoms with Crippen molar-refractivity contribution in [2.45, 2.75) is 45.3 Å². The van der Waals surface area contributed by atoms with Crippen LogP contribution in [0.15, 0.2) is 36.4 Å². The van der Waals surface area contributed by atoms with Crippen LogP contribution in [0.3, 0.4) is 0 Å². The molecule has 0 aliphatic carbocycles. The quantitative estimate of drug-likeness (QED) is 0.642. The van der Waals surface area contributed by atoms with E-state index in [1.807, 2.05) is 6.07 Å². The summed E-state index contributed by atoms with van der Waals surface area (Å²) < 4.78 is 6.02. The monoisotopic (exact) mass is 245 g/mol. The molecule has 2 nitrogen and oxygen atoms in total. The van der Waals surface area contributed by atoms with Gasteiger partial charge in [-0.15, -0.1) is 0 Å². The van der Waals surface area contributed by atoms with E-state index in [2.05, 4.69) is 56.4 Å². The Bertz CT molecular complexity index is 423. The van der Waals surface area contributed by atoms with E-state index < -0.39 is 0 Å². The first-order valence-corrected chi connectivity index (χ1v) is 6.75. The summed E-state index contributed by atoms with van der Waals surface area (Å²) in [5.74, 6) is 1.03. The van der Waals surface area contributed by atoms with Gasteiger partial charge in [0.15, 0.2) is 0 Å². The molecule has 1 unspecified atom stereocenters. The van der Waals surface area contributed by atoms with Crippen LogP contribution in [0.4, 0.5) is 0 Å². The Morgan fingerprint density at radius 1 is 1.39 bits per heavy atom. The van der Waals surface area contributed by atoms with Gasteiger partial charge in [0, 0.05) is 18.0 Å². The number of hydrogen-bond acceptors (Lipinski definition) is 2. The molecule has 98 valence electrons. The molecule has 1 aromatic carbocycles. The summed E-state index contributed by atoms with van der Waals surface area (Å²) >= 11 is 0. The number of fused-ring (bicyclic) bond motifs is 1. The molecular weight excluding hydrogens is 222 g/mol. The first kappa shape index (κ1) is 13.2. The smallest absolute Gasteiger partial charge is 0.124 e. The molecular formula is C16H23NO. The maximum absolute atomic E-state index is 6.02. The Balaban J connectivity index is 2.09. The molecule has 0 spiro atoms. The van der Waals surface area contributed by atoms with E-state index in [1.54, 1.807) is 0 Å². The SMILES string of the molecule is C/C=C/CCNC1CC(C)(C)Oc2ccccc21. The van der Waals surface area contributed by atoms with Crippen molar-refractivity contribution in [3.8, 4) is 5.75 Å². The maximum atomic E-state index is 6.02. The average Bonchev–Trinajstić information content (AvgIpc) is 2.33. The first-order valence-electron chi connectivity index (χ1n) is 6.75. The molecule has 1 N–H and O–H groups in total. The minimum absolute atomic E-state index is 0.0907. The van der Waals surface area contributed by atoms with E-state index in [0.29, 0.717) is 6.04 Å². The minimum atomic E-state index is -0.0907. The Hall–Kier alpha value is -1.28. The van der Waals surface area contributed by atoms with Crippen molar-refractivity contribution in [2.24, 2.45) is 0 Å². The van der Waals surface area contributed by atoms with Crippen LogP contribution in [0.1, 0.15) is 45.2 Å². The summed E-state index contributed by atoms with van der Waals surface area (Å²) in [5, 5.41) is 3.64. The largest absolute Gasteiger partial charge is 0.487 e. The number of benzene rings is 1. The molecule has 2 heteroatoms. The molecule has 1 aromatic rings. The van der Waals surface area contributed by atoms with Crippen LogP contribution in [0.2, 0.25) is 0 Å². The van der Waals surface area contributed by atoms with Crippen LogP contribution < -0.4 is 10.1 Å². The number of ether oxygens (including phenoxy) is 1. The maximum Gasteiger partial charge on any atom is 0.124 e. The van der Waals surface area contributed by atoms with Gasteiger partial charge in [-0.05, 0) is 39.8 Å². The molecule has 0 amide bonds. The second-order valence-electron chi connectivity index (χ2n) is 5.47. The van der Waals surface area contributed by atoms with Crippen LogP contribution >= 0.6 is 0 Å². The lowest BCUT2D eigenvalue weighted by atomic mass is 9.89. The number of rotatable bonds is 4. The number of nitrogens with one attached hydrogen (secondary N) is 1. The fourth-order valence-corrected chi connectivity index (χ4v) is 2.49. The molecule has 1 atom stereocenters. The Kier molecular flexibility index (Phi) is 4.07. The predicted molar refractivity (Wildman–Crippen MR) is 75.9 cm³/mol. The summed E-state index contributed by atoms with van der Waals surface area (Å²) in [4.78, 5) is 0. The van der Waals surface area contributed by atoms with Crippen molar-refractivity contribution in [2.75, 3.05) is 6.54 Å². The highest BCUT2D eigenvalue weighted by Gasteiger charge is 2.32. The number of allylic oxidation sites excluding steroid dienone is 1. The molecule has 1 aliphatic rings. The van der Waals surface area contributed by atoms with Crippen molar-refractivity contribution in [1.82, 2.24) is 5.32 Å². The van der Waals surface area contributed by atoms with E-state index in [0.717, 1.165) is 25.1 Å². The van der Waals surface area contributed by atoms with Crippen LogP contribution in [-0.2, 0) is 0 Å². The summed E-state index contributed by atoms with van der Waals surface area (Å²) in [6.07, 6.45) is 6.39. The molecule has 0 radical (unpaired) electrons. The van der Waals surface area contributed by atoms with Crippen LogP contribution in [-0.4, -0.2) is 12.1 Å². The third-order valence-electron chi connectivity index (χ3n) is 3.31. The summed E-state index contributed by atoms with van der Waals surface area (Å²) in [6.45, 7) is 7.39. The summed E-state index contributed by atoms with van der Waals surface area (Å²) in [7, 11) is 0. The standard InChI is InChI=1S/C16H23NO/c1-4-5-8-11-17-14-12-16(2,3)18-15-10-7-6-9-13(14)15/h4-7,9-10,14,17H,8,11-12H2,1-3H3/b5-4+.